The van der Waals surface area contributed by atoms with E-state index in [9.17, 15) is 4.79 Å². The Morgan fingerprint density at radius 2 is 2.12 bits per heavy atom. The van der Waals surface area contributed by atoms with Crippen molar-refractivity contribution in [3.05, 3.63) is 56.7 Å². The molecule has 0 spiro atoms. The molecule has 25 heavy (non-hydrogen) atoms. The fraction of sp³-hybridized carbons (Fsp3) is 0.263. The molecule has 0 aliphatic heterocycles. The van der Waals surface area contributed by atoms with Crippen molar-refractivity contribution in [1.82, 2.24) is 10.3 Å². The molecular weight excluding hydrogens is 352 g/mol. The highest BCUT2D eigenvalue weighted by Crippen LogP contribution is 2.29. The number of methoxy groups -OCH3 is 1. The molecule has 4 nitrogen and oxygen atoms in total. The maximum absolute atomic E-state index is 12.5. The van der Waals surface area contributed by atoms with Gasteiger partial charge in [-0.25, -0.2) is 4.98 Å². The van der Waals surface area contributed by atoms with Gasteiger partial charge >= 0.3 is 0 Å². The second kappa shape index (κ2) is 7.80. The Hall–Kier alpha value is -2.18. The Labute approximate surface area is 155 Å². The van der Waals surface area contributed by atoms with Crippen LogP contribution in [0.5, 0.6) is 5.75 Å². The van der Waals surface area contributed by atoms with Crippen LogP contribution in [-0.2, 0) is 6.42 Å². The number of thiazole rings is 1. The Morgan fingerprint density at radius 3 is 2.84 bits per heavy atom. The number of aromatic nitrogens is 1. The molecule has 0 saturated carbocycles. The minimum absolute atomic E-state index is 0.0666. The largest absolute Gasteiger partial charge is 0.496 e. The summed E-state index contributed by atoms with van der Waals surface area (Å²) in [6.45, 7) is 4.49. The Bertz CT molecular complexity index is 870. The van der Waals surface area contributed by atoms with Crippen molar-refractivity contribution < 1.29 is 9.53 Å². The summed E-state index contributed by atoms with van der Waals surface area (Å²) in [5.74, 6) is 0.789. The lowest BCUT2D eigenvalue weighted by molar-refractivity contribution is 0.0957. The zero-order chi connectivity index (χ0) is 17.8. The van der Waals surface area contributed by atoms with Gasteiger partial charge in [0.2, 0.25) is 0 Å². The van der Waals surface area contributed by atoms with Gasteiger partial charge in [-0.05, 0) is 43.3 Å². The van der Waals surface area contributed by atoms with E-state index in [1.54, 1.807) is 18.4 Å². The normalized spacial score (nSPS) is 10.7. The number of ether oxygens (including phenoxy) is 1. The SMILES string of the molecule is COc1ccc(C)cc1CCNC(=O)c1sc(-c2ccsc2)nc1C. The van der Waals surface area contributed by atoms with Gasteiger partial charge in [-0.2, -0.15) is 11.3 Å². The molecule has 6 heteroatoms. The maximum atomic E-state index is 12.5. The topological polar surface area (TPSA) is 51.2 Å². The zero-order valence-corrected chi connectivity index (χ0v) is 16.1. The monoisotopic (exact) mass is 372 g/mol. The van der Waals surface area contributed by atoms with Gasteiger partial charge in [0.1, 0.15) is 15.6 Å². The lowest BCUT2D eigenvalue weighted by Gasteiger charge is -2.10. The predicted molar refractivity (Wildman–Crippen MR) is 104 cm³/mol. The fourth-order valence-electron chi connectivity index (χ4n) is 2.61. The van der Waals surface area contributed by atoms with Gasteiger partial charge in [0, 0.05) is 17.5 Å². The van der Waals surface area contributed by atoms with Crippen molar-refractivity contribution in [2.75, 3.05) is 13.7 Å². The average molecular weight is 373 g/mol. The van der Waals surface area contributed by atoms with Crippen LogP contribution < -0.4 is 10.1 Å². The van der Waals surface area contributed by atoms with Crippen LogP contribution in [0.4, 0.5) is 0 Å². The number of aryl methyl sites for hydroxylation is 2. The van der Waals surface area contributed by atoms with Crippen molar-refractivity contribution in [1.29, 1.82) is 0 Å². The van der Waals surface area contributed by atoms with Crippen LogP contribution >= 0.6 is 22.7 Å². The summed E-state index contributed by atoms with van der Waals surface area (Å²) in [5, 5.41) is 7.95. The molecular formula is C19H20N2O2S2. The average Bonchev–Trinajstić information content (AvgIpc) is 3.24. The lowest BCUT2D eigenvalue weighted by atomic mass is 10.1. The molecule has 0 unspecified atom stereocenters. The Kier molecular flexibility index (Phi) is 5.50. The second-order valence-corrected chi connectivity index (χ2v) is 7.55. The molecule has 0 aliphatic rings. The van der Waals surface area contributed by atoms with Gasteiger partial charge in [-0.15, -0.1) is 11.3 Å². The molecule has 2 heterocycles. The lowest BCUT2D eigenvalue weighted by Crippen LogP contribution is -2.25. The van der Waals surface area contributed by atoms with Gasteiger partial charge in [0.25, 0.3) is 5.91 Å². The van der Waals surface area contributed by atoms with Crippen molar-refractivity contribution in [2.24, 2.45) is 0 Å². The molecule has 0 bridgehead atoms. The fourth-order valence-corrected chi connectivity index (χ4v) is 4.30. The molecule has 0 aliphatic carbocycles. The number of benzene rings is 1. The third-order valence-electron chi connectivity index (χ3n) is 3.89. The first-order chi connectivity index (χ1) is 12.1. The van der Waals surface area contributed by atoms with Crippen molar-refractivity contribution in [3.8, 4) is 16.3 Å². The summed E-state index contributed by atoms with van der Waals surface area (Å²) in [7, 11) is 1.67. The van der Waals surface area contributed by atoms with E-state index in [2.05, 4.69) is 16.4 Å². The summed E-state index contributed by atoms with van der Waals surface area (Å²) in [6, 6.07) is 8.10. The number of thiophene rings is 1. The van der Waals surface area contributed by atoms with Gasteiger partial charge in [-0.1, -0.05) is 17.7 Å². The van der Waals surface area contributed by atoms with Gasteiger partial charge < -0.3 is 10.1 Å². The molecule has 1 aromatic carbocycles. The van der Waals surface area contributed by atoms with E-state index in [0.29, 0.717) is 11.4 Å². The summed E-state index contributed by atoms with van der Waals surface area (Å²) >= 11 is 3.07. The molecule has 3 rings (SSSR count). The summed E-state index contributed by atoms with van der Waals surface area (Å²) in [6.07, 6.45) is 0.728. The molecule has 0 atom stereocenters. The quantitative estimate of drug-likeness (QED) is 0.694. The molecule has 0 radical (unpaired) electrons. The summed E-state index contributed by atoms with van der Waals surface area (Å²) in [5.41, 5.74) is 4.13. The number of amides is 1. The van der Waals surface area contributed by atoms with Gasteiger partial charge in [-0.3, -0.25) is 4.79 Å². The van der Waals surface area contributed by atoms with Crippen LogP contribution in [0.2, 0.25) is 0 Å². The van der Waals surface area contributed by atoms with E-state index in [1.807, 2.05) is 42.8 Å². The van der Waals surface area contributed by atoms with Gasteiger partial charge in [0.15, 0.2) is 0 Å². The van der Waals surface area contributed by atoms with E-state index in [4.69, 9.17) is 4.74 Å². The summed E-state index contributed by atoms with van der Waals surface area (Å²) in [4.78, 5) is 17.7. The zero-order valence-electron chi connectivity index (χ0n) is 14.5. The van der Waals surface area contributed by atoms with Crippen LogP contribution in [-0.4, -0.2) is 24.5 Å². The molecule has 0 fully saturated rings. The first-order valence-corrected chi connectivity index (χ1v) is 9.76. The predicted octanol–water partition coefficient (Wildman–Crippen LogP) is 4.47. The highest BCUT2D eigenvalue weighted by atomic mass is 32.1. The van der Waals surface area contributed by atoms with E-state index < -0.39 is 0 Å². The highest BCUT2D eigenvalue weighted by Gasteiger charge is 2.16. The third-order valence-corrected chi connectivity index (χ3v) is 5.78. The number of nitrogens with one attached hydrogen (secondary N) is 1. The maximum Gasteiger partial charge on any atom is 0.263 e. The number of hydrogen-bond acceptors (Lipinski definition) is 5. The van der Waals surface area contributed by atoms with Crippen LogP contribution in [0, 0.1) is 13.8 Å². The molecule has 3 aromatic rings. The van der Waals surface area contributed by atoms with E-state index in [-0.39, 0.29) is 5.91 Å². The first-order valence-electron chi connectivity index (χ1n) is 8.00. The minimum atomic E-state index is -0.0666. The van der Waals surface area contributed by atoms with E-state index >= 15 is 0 Å². The first kappa shape index (κ1) is 17.6. The second-order valence-electron chi connectivity index (χ2n) is 5.77. The minimum Gasteiger partial charge on any atom is -0.496 e. The van der Waals surface area contributed by atoms with Crippen LogP contribution in [0.1, 0.15) is 26.5 Å². The number of rotatable bonds is 6. The number of carbonyl (C=O) groups is 1. The van der Waals surface area contributed by atoms with Crippen LogP contribution in [0.3, 0.4) is 0 Å². The van der Waals surface area contributed by atoms with Crippen LogP contribution in [0.25, 0.3) is 10.6 Å². The van der Waals surface area contributed by atoms with Crippen molar-refractivity contribution >= 4 is 28.6 Å². The third kappa shape index (κ3) is 4.08. The molecule has 0 saturated heterocycles. The smallest absolute Gasteiger partial charge is 0.263 e. The molecule has 1 N–H and O–H groups in total. The molecule has 1 amide bonds. The standard InChI is InChI=1S/C19H20N2O2S2/c1-12-4-5-16(23-3)14(10-12)6-8-20-18(22)17-13(2)21-19(25-17)15-7-9-24-11-15/h4-5,7,9-11H,6,8H2,1-3H3,(H,20,22). The Balaban J connectivity index is 1.65. The summed E-state index contributed by atoms with van der Waals surface area (Å²) < 4.78 is 5.39. The van der Waals surface area contributed by atoms with Gasteiger partial charge in [0.05, 0.1) is 12.8 Å². The van der Waals surface area contributed by atoms with Crippen molar-refractivity contribution in [2.45, 2.75) is 20.3 Å². The molecule has 2 aromatic heterocycles. The highest BCUT2D eigenvalue weighted by molar-refractivity contribution is 7.17. The number of carbonyl (C=O) groups excluding carboxylic acids is 1. The van der Waals surface area contributed by atoms with Crippen molar-refractivity contribution in [3.63, 3.8) is 0 Å². The Morgan fingerprint density at radius 1 is 1.28 bits per heavy atom. The number of hydrogen-bond donors (Lipinski definition) is 1. The van der Waals surface area contributed by atoms with Crippen LogP contribution in [0.15, 0.2) is 35.0 Å². The molecule has 130 valence electrons. The van der Waals surface area contributed by atoms with E-state index in [0.717, 1.165) is 34.0 Å². The van der Waals surface area contributed by atoms with E-state index in [1.165, 1.54) is 16.9 Å². The number of nitrogens with zero attached hydrogens (tertiary/aromatic N) is 1.